The standard InChI is InChI=1S/C12H16N2O/c1-3-9-14-11-8-6-5-7-10(11)13(4-2)12(14)15/h5-8H,3-4,9H2,1-2H3. The van der Waals surface area contributed by atoms with Crippen LogP contribution in [0.3, 0.4) is 0 Å². The first-order valence-corrected chi connectivity index (χ1v) is 5.47. The van der Waals surface area contributed by atoms with Gasteiger partial charge in [0.25, 0.3) is 0 Å². The molecule has 0 unspecified atom stereocenters. The van der Waals surface area contributed by atoms with Crippen LogP contribution in [0, 0.1) is 0 Å². The van der Waals surface area contributed by atoms with Gasteiger partial charge in [0.15, 0.2) is 0 Å². The summed E-state index contributed by atoms with van der Waals surface area (Å²) < 4.78 is 3.68. The molecule has 0 saturated carbocycles. The Labute approximate surface area is 88.9 Å². The van der Waals surface area contributed by atoms with Crippen molar-refractivity contribution in [2.45, 2.75) is 33.4 Å². The van der Waals surface area contributed by atoms with E-state index < -0.39 is 0 Å². The molecule has 2 rings (SSSR count). The molecule has 2 aromatic rings. The minimum absolute atomic E-state index is 0.112. The fourth-order valence-corrected chi connectivity index (χ4v) is 2.02. The van der Waals surface area contributed by atoms with Gasteiger partial charge in [-0.1, -0.05) is 19.1 Å². The number of hydrogen-bond donors (Lipinski definition) is 0. The van der Waals surface area contributed by atoms with E-state index >= 15 is 0 Å². The number of rotatable bonds is 3. The summed E-state index contributed by atoms with van der Waals surface area (Å²) in [6, 6.07) is 7.98. The Morgan fingerprint density at radius 2 is 1.67 bits per heavy atom. The Bertz CT molecular complexity index is 522. The number of aryl methyl sites for hydroxylation is 2. The average molecular weight is 204 g/mol. The first-order valence-electron chi connectivity index (χ1n) is 5.47. The van der Waals surface area contributed by atoms with Crippen LogP contribution in [0.2, 0.25) is 0 Å². The monoisotopic (exact) mass is 204 g/mol. The fourth-order valence-electron chi connectivity index (χ4n) is 2.02. The molecular weight excluding hydrogens is 188 g/mol. The van der Waals surface area contributed by atoms with Gasteiger partial charge in [0, 0.05) is 13.1 Å². The van der Waals surface area contributed by atoms with E-state index in [-0.39, 0.29) is 5.69 Å². The molecule has 1 aromatic carbocycles. The summed E-state index contributed by atoms with van der Waals surface area (Å²) in [7, 11) is 0. The highest BCUT2D eigenvalue weighted by atomic mass is 16.1. The largest absolute Gasteiger partial charge is 0.329 e. The number of aromatic nitrogens is 2. The molecule has 1 heterocycles. The van der Waals surface area contributed by atoms with Crippen LogP contribution in [-0.4, -0.2) is 9.13 Å². The number of nitrogens with zero attached hydrogens (tertiary/aromatic N) is 2. The van der Waals surface area contributed by atoms with E-state index in [9.17, 15) is 4.79 Å². The van der Waals surface area contributed by atoms with Crippen molar-refractivity contribution in [3.05, 3.63) is 34.7 Å². The maximum atomic E-state index is 12.0. The molecule has 0 aliphatic rings. The molecule has 0 aliphatic carbocycles. The summed E-state index contributed by atoms with van der Waals surface area (Å²) in [5.41, 5.74) is 2.20. The quantitative estimate of drug-likeness (QED) is 0.753. The van der Waals surface area contributed by atoms with E-state index in [1.54, 1.807) is 0 Å². The van der Waals surface area contributed by atoms with Gasteiger partial charge in [-0.25, -0.2) is 4.79 Å². The van der Waals surface area contributed by atoms with Crippen molar-refractivity contribution in [1.29, 1.82) is 0 Å². The minimum atomic E-state index is 0.112. The van der Waals surface area contributed by atoms with Crippen LogP contribution in [0.15, 0.2) is 29.1 Å². The predicted octanol–water partition coefficient (Wildman–Crippen LogP) is 2.23. The first-order chi connectivity index (χ1) is 7.29. The highest BCUT2D eigenvalue weighted by Gasteiger charge is 2.09. The lowest BCUT2D eigenvalue weighted by molar-refractivity contribution is 0.631. The van der Waals surface area contributed by atoms with Gasteiger partial charge in [-0.05, 0) is 25.5 Å². The lowest BCUT2D eigenvalue weighted by Crippen LogP contribution is -2.23. The van der Waals surface area contributed by atoms with Crippen molar-refractivity contribution in [3.63, 3.8) is 0 Å². The maximum absolute atomic E-state index is 12.0. The first kappa shape index (κ1) is 10.0. The second-order valence-corrected chi connectivity index (χ2v) is 3.67. The Kier molecular flexibility index (Phi) is 2.62. The number of benzene rings is 1. The molecule has 0 amide bonds. The van der Waals surface area contributed by atoms with Gasteiger partial charge in [-0.2, -0.15) is 0 Å². The number of fused-ring (bicyclic) bond motifs is 1. The van der Waals surface area contributed by atoms with Gasteiger partial charge in [0.2, 0.25) is 0 Å². The highest BCUT2D eigenvalue weighted by molar-refractivity contribution is 5.75. The molecule has 0 aliphatic heterocycles. The minimum Gasteiger partial charge on any atom is -0.292 e. The van der Waals surface area contributed by atoms with Crippen molar-refractivity contribution in [2.24, 2.45) is 0 Å². The van der Waals surface area contributed by atoms with Crippen LogP contribution in [-0.2, 0) is 13.1 Å². The van der Waals surface area contributed by atoms with Crippen molar-refractivity contribution in [2.75, 3.05) is 0 Å². The second-order valence-electron chi connectivity index (χ2n) is 3.67. The molecular formula is C12H16N2O. The molecule has 15 heavy (non-hydrogen) atoms. The van der Waals surface area contributed by atoms with E-state index in [0.717, 1.165) is 30.5 Å². The van der Waals surface area contributed by atoms with E-state index in [2.05, 4.69) is 6.92 Å². The van der Waals surface area contributed by atoms with Crippen LogP contribution in [0.5, 0.6) is 0 Å². The van der Waals surface area contributed by atoms with Gasteiger partial charge >= 0.3 is 5.69 Å². The lowest BCUT2D eigenvalue weighted by atomic mass is 10.3. The topological polar surface area (TPSA) is 26.9 Å². The molecule has 0 radical (unpaired) electrons. The Morgan fingerprint density at radius 1 is 1.07 bits per heavy atom. The molecule has 0 saturated heterocycles. The summed E-state index contributed by atoms with van der Waals surface area (Å²) in [5, 5.41) is 0. The predicted molar refractivity (Wildman–Crippen MR) is 62.2 cm³/mol. The van der Waals surface area contributed by atoms with E-state index in [0.29, 0.717) is 0 Å². The van der Waals surface area contributed by atoms with Crippen LogP contribution in [0.1, 0.15) is 20.3 Å². The molecule has 0 spiro atoms. The molecule has 0 atom stereocenters. The van der Waals surface area contributed by atoms with Gasteiger partial charge in [0.05, 0.1) is 11.0 Å². The Balaban J connectivity index is 2.79. The second kappa shape index (κ2) is 3.93. The normalized spacial score (nSPS) is 11.1. The van der Waals surface area contributed by atoms with Crippen molar-refractivity contribution >= 4 is 11.0 Å². The zero-order valence-corrected chi connectivity index (χ0v) is 9.23. The molecule has 3 nitrogen and oxygen atoms in total. The van der Waals surface area contributed by atoms with Gasteiger partial charge < -0.3 is 0 Å². The summed E-state index contributed by atoms with van der Waals surface area (Å²) >= 11 is 0. The van der Waals surface area contributed by atoms with Crippen LogP contribution >= 0.6 is 0 Å². The van der Waals surface area contributed by atoms with Crippen molar-refractivity contribution < 1.29 is 0 Å². The van der Waals surface area contributed by atoms with Gasteiger partial charge in [0.1, 0.15) is 0 Å². The maximum Gasteiger partial charge on any atom is 0.329 e. The zero-order valence-electron chi connectivity index (χ0n) is 9.23. The number of imidazole rings is 1. The molecule has 80 valence electrons. The summed E-state index contributed by atoms with van der Waals surface area (Å²) in [6.45, 7) is 5.62. The van der Waals surface area contributed by atoms with Crippen LogP contribution in [0.4, 0.5) is 0 Å². The van der Waals surface area contributed by atoms with Crippen LogP contribution in [0.25, 0.3) is 11.0 Å². The summed E-state index contributed by atoms with van der Waals surface area (Å²) in [4.78, 5) is 12.0. The van der Waals surface area contributed by atoms with Gasteiger partial charge in [-0.15, -0.1) is 0 Å². The van der Waals surface area contributed by atoms with E-state index in [1.807, 2.05) is 40.3 Å². The summed E-state index contributed by atoms with van der Waals surface area (Å²) in [6.07, 6.45) is 0.984. The third-order valence-electron chi connectivity index (χ3n) is 2.69. The zero-order chi connectivity index (χ0) is 10.8. The highest BCUT2D eigenvalue weighted by Crippen LogP contribution is 2.12. The molecule has 1 aromatic heterocycles. The molecule has 0 fully saturated rings. The SMILES string of the molecule is CCCn1c(=O)n(CC)c2ccccc21. The number of para-hydroxylation sites is 2. The molecule has 0 N–H and O–H groups in total. The molecule has 3 heteroatoms. The number of hydrogen-bond acceptors (Lipinski definition) is 1. The molecule has 0 bridgehead atoms. The lowest BCUT2D eigenvalue weighted by Gasteiger charge is -1.98. The summed E-state index contributed by atoms with van der Waals surface area (Å²) in [5.74, 6) is 0. The third-order valence-corrected chi connectivity index (χ3v) is 2.69. The van der Waals surface area contributed by atoms with Crippen molar-refractivity contribution in [1.82, 2.24) is 9.13 Å². The smallest absolute Gasteiger partial charge is 0.292 e. The van der Waals surface area contributed by atoms with E-state index in [4.69, 9.17) is 0 Å². The average Bonchev–Trinajstić information content (AvgIpc) is 2.53. The Hall–Kier alpha value is -1.51. The third kappa shape index (κ3) is 1.48. The fraction of sp³-hybridized carbons (Fsp3) is 0.417. The Morgan fingerprint density at radius 3 is 2.20 bits per heavy atom. The van der Waals surface area contributed by atoms with Gasteiger partial charge in [-0.3, -0.25) is 9.13 Å². The van der Waals surface area contributed by atoms with E-state index in [1.165, 1.54) is 0 Å². The van der Waals surface area contributed by atoms with Crippen molar-refractivity contribution in [3.8, 4) is 0 Å². The van der Waals surface area contributed by atoms with Crippen LogP contribution < -0.4 is 5.69 Å².